The van der Waals surface area contributed by atoms with Gasteiger partial charge in [0.05, 0.1) is 19.3 Å². The molecule has 2 aromatic carbocycles. The maximum Gasteiger partial charge on any atom is 0.335 e. The number of nitrogens with zero attached hydrogens (tertiary/aromatic N) is 2. The molecule has 0 spiro atoms. The molecule has 7 heteroatoms. The van der Waals surface area contributed by atoms with Crippen LogP contribution >= 0.6 is 0 Å². The van der Waals surface area contributed by atoms with Crippen LogP contribution in [0.25, 0.3) is 0 Å². The quantitative estimate of drug-likeness (QED) is 0.568. The van der Waals surface area contributed by atoms with E-state index in [4.69, 9.17) is 14.2 Å². The van der Waals surface area contributed by atoms with Crippen molar-refractivity contribution >= 4 is 17.3 Å². The number of benzene rings is 2. The zero-order valence-electron chi connectivity index (χ0n) is 17.2. The molecule has 3 aromatic rings. The Morgan fingerprint density at radius 3 is 2.61 bits per heavy atom. The molecule has 0 saturated carbocycles. The maximum atomic E-state index is 11.3. The lowest BCUT2D eigenvalue weighted by Crippen LogP contribution is -2.18. The summed E-state index contributed by atoms with van der Waals surface area (Å²) in [4.78, 5) is 17.5. The summed E-state index contributed by atoms with van der Waals surface area (Å²) in [6.07, 6.45) is 5.06. The van der Waals surface area contributed by atoms with Gasteiger partial charge in [0.15, 0.2) is 17.8 Å². The molecule has 1 aliphatic rings. The second-order valence-corrected chi connectivity index (χ2v) is 7.20. The van der Waals surface area contributed by atoms with Gasteiger partial charge < -0.3 is 24.2 Å². The van der Waals surface area contributed by atoms with Crippen LogP contribution in [0.4, 0.5) is 11.4 Å². The van der Waals surface area contributed by atoms with Crippen LogP contribution in [-0.4, -0.2) is 36.1 Å². The average Bonchev–Trinajstić information content (AvgIpc) is 3.31. The number of hydrogen-bond acceptors (Lipinski definition) is 6. The fourth-order valence-corrected chi connectivity index (χ4v) is 3.50. The Morgan fingerprint density at radius 1 is 1.16 bits per heavy atom. The number of carboxylic acids is 1. The number of anilines is 2. The SMILES string of the molecule is COc1ccc(N(Cc2cccnc2)c2ccc(C(=O)O)cc2)cc1OC1CCCO1. The minimum Gasteiger partial charge on any atom is -0.493 e. The fourth-order valence-electron chi connectivity index (χ4n) is 3.50. The zero-order valence-corrected chi connectivity index (χ0v) is 17.2. The molecule has 1 unspecified atom stereocenters. The summed E-state index contributed by atoms with van der Waals surface area (Å²) in [5.41, 5.74) is 2.98. The molecule has 2 heterocycles. The van der Waals surface area contributed by atoms with E-state index in [1.807, 2.05) is 36.5 Å². The van der Waals surface area contributed by atoms with E-state index < -0.39 is 5.97 Å². The van der Waals surface area contributed by atoms with Crippen molar-refractivity contribution in [2.75, 3.05) is 18.6 Å². The van der Waals surface area contributed by atoms with Crippen molar-refractivity contribution < 1.29 is 24.1 Å². The predicted octanol–water partition coefficient (Wildman–Crippen LogP) is 4.64. The highest BCUT2D eigenvalue weighted by Crippen LogP contribution is 2.37. The molecule has 0 radical (unpaired) electrons. The lowest BCUT2D eigenvalue weighted by Gasteiger charge is -2.26. The largest absolute Gasteiger partial charge is 0.493 e. The van der Waals surface area contributed by atoms with Gasteiger partial charge in [-0.25, -0.2) is 4.79 Å². The number of rotatable bonds is 8. The van der Waals surface area contributed by atoms with E-state index in [2.05, 4.69) is 9.88 Å². The number of aromatic carboxylic acids is 1. The molecule has 7 nitrogen and oxygen atoms in total. The van der Waals surface area contributed by atoms with Crippen LogP contribution in [0, 0.1) is 0 Å². The van der Waals surface area contributed by atoms with Gasteiger partial charge in [-0.2, -0.15) is 0 Å². The molecule has 0 amide bonds. The fraction of sp³-hybridized carbons (Fsp3) is 0.250. The summed E-state index contributed by atoms with van der Waals surface area (Å²) < 4.78 is 17.2. The smallest absolute Gasteiger partial charge is 0.335 e. The van der Waals surface area contributed by atoms with Crippen LogP contribution in [0.1, 0.15) is 28.8 Å². The van der Waals surface area contributed by atoms with E-state index in [0.29, 0.717) is 24.7 Å². The van der Waals surface area contributed by atoms with Gasteiger partial charge in [0.1, 0.15) is 0 Å². The lowest BCUT2D eigenvalue weighted by molar-refractivity contribution is -0.0402. The van der Waals surface area contributed by atoms with E-state index in [9.17, 15) is 9.90 Å². The standard InChI is InChI=1S/C24H24N2O5/c1-29-21-11-10-20(14-22(21)31-23-5-3-13-30-23)26(16-17-4-2-12-25-15-17)19-8-6-18(7-9-19)24(27)28/h2,4,6-12,14-15,23H,3,5,13,16H2,1H3,(H,27,28). The minimum atomic E-state index is -0.956. The summed E-state index contributed by atoms with van der Waals surface area (Å²) in [6, 6.07) is 16.4. The van der Waals surface area contributed by atoms with Gasteiger partial charge in [0.2, 0.25) is 0 Å². The van der Waals surface area contributed by atoms with Crippen molar-refractivity contribution in [3.63, 3.8) is 0 Å². The third-order valence-corrected chi connectivity index (χ3v) is 5.09. The van der Waals surface area contributed by atoms with Gasteiger partial charge in [-0.15, -0.1) is 0 Å². The predicted molar refractivity (Wildman–Crippen MR) is 116 cm³/mol. The van der Waals surface area contributed by atoms with Crippen molar-refractivity contribution in [3.8, 4) is 11.5 Å². The summed E-state index contributed by atoms with van der Waals surface area (Å²) in [5.74, 6) is 0.272. The third-order valence-electron chi connectivity index (χ3n) is 5.09. The first kappa shape index (κ1) is 20.7. The van der Waals surface area contributed by atoms with E-state index in [1.54, 1.807) is 37.6 Å². The van der Waals surface area contributed by atoms with E-state index in [-0.39, 0.29) is 11.9 Å². The molecule has 4 rings (SSSR count). The van der Waals surface area contributed by atoms with E-state index >= 15 is 0 Å². The number of hydrogen-bond donors (Lipinski definition) is 1. The molecule has 1 fully saturated rings. The van der Waals surface area contributed by atoms with Crippen LogP contribution in [0.5, 0.6) is 11.5 Å². The Bertz CT molecular complexity index is 1020. The van der Waals surface area contributed by atoms with Crippen molar-refractivity contribution in [1.29, 1.82) is 0 Å². The van der Waals surface area contributed by atoms with Gasteiger partial charge in [0.25, 0.3) is 0 Å². The number of ether oxygens (including phenoxy) is 3. The van der Waals surface area contributed by atoms with E-state index in [1.165, 1.54) is 0 Å². The van der Waals surface area contributed by atoms with Gasteiger partial charge in [0, 0.05) is 42.8 Å². The first-order valence-electron chi connectivity index (χ1n) is 10.1. The summed E-state index contributed by atoms with van der Waals surface area (Å²) >= 11 is 0. The molecule has 1 atom stereocenters. The van der Waals surface area contributed by atoms with Crippen molar-refractivity contribution in [1.82, 2.24) is 4.98 Å². The molecule has 0 aliphatic carbocycles. The van der Waals surface area contributed by atoms with Crippen LogP contribution < -0.4 is 14.4 Å². The van der Waals surface area contributed by atoms with Gasteiger partial charge in [-0.3, -0.25) is 4.98 Å². The summed E-state index contributed by atoms with van der Waals surface area (Å²) in [5, 5.41) is 9.23. The van der Waals surface area contributed by atoms with E-state index in [0.717, 1.165) is 29.8 Å². The monoisotopic (exact) mass is 420 g/mol. The molecule has 1 saturated heterocycles. The molecule has 0 bridgehead atoms. The first-order valence-corrected chi connectivity index (χ1v) is 10.1. The molecule has 1 N–H and O–H groups in total. The lowest BCUT2D eigenvalue weighted by atomic mass is 10.1. The Balaban J connectivity index is 1.70. The second kappa shape index (κ2) is 9.49. The summed E-state index contributed by atoms with van der Waals surface area (Å²) in [6.45, 7) is 1.24. The molecule has 160 valence electrons. The minimum absolute atomic E-state index is 0.238. The van der Waals surface area contributed by atoms with Crippen LogP contribution in [0.15, 0.2) is 67.0 Å². The van der Waals surface area contributed by atoms with Crippen molar-refractivity contribution in [2.24, 2.45) is 0 Å². The third kappa shape index (κ3) is 4.95. The zero-order chi connectivity index (χ0) is 21.6. The highest BCUT2D eigenvalue weighted by molar-refractivity contribution is 5.88. The molecule has 1 aliphatic heterocycles. The second-order valence-electron chi connectivity index (χ2n) is 7.20. The van der Waals surface area contributed by atoms with Crippen molar-refractivity contribution in [3.05, 3.63) is 78.1 Å². The topological polar surface area (TPSA) is 81.1 Å². The van der Waals surface area contributed by atoms with Gasteiger partial charge in [-0.05, 0) is 54.4 Å². The Labute approximate surface area is 180 Å². The highest BCUT2D eigenvalue weighted by Gasteiger charge is 2.21. The number of pyridine rings is 1. The van der Waals surface area contributed by atoms with Gasteiger partial charge in [-0.1, -0.05) is 6.07 Å². The average molecular weight is 420 g/mol. The van der Waals surface area contributed by atoms with Crippen LogP contribution in [0.3, 0.4) is 0 Å². The molecule has 1 aromatic heterocycles. The van der Waals surface area contributed by atoms with Crippen LogP contribution in [0.2, 0.25) is 0 Å². The Hall–Kier alpha value is -3.58. The first-order chi connectivity index (χ1) is 15.1. The number of aromatic nitrogens is 1. The van der Waals surface area contributed by atoms with Gasteiger partial charge >= 0.3 is 5.97 Å². The number of methoxy groups -OCH3 is 1. The number of carbonyl (C=O) groups is 1. The maximum absolute atomic E-state index is 11.3. The highest BCUT2D eigenvalue weighted by atomic mass is 16.7. The molecular weight excluding hydrogens is 396 g/mol. The Kier molecular flexibility index (Phi) is 6.33. The van der Waals surface area contributed by atoms with Crippen LogP contribution in [-0.2, 0) is 11.3 Å². The summed E-state index contributed by atoms with van der Waals surface area (Å²) in [7, 11) is 1.61. The normalized spacial score (nSPS) is 15.5. The molecular formula is C24H24N2O5. The molecule has 31 heavy (non-hydrogen) atoms. The van der Waals surface area contributed by atoms with Crippen molar-refractivity contribution in [2.45, 2.75) is 25.7 Å². The number of carboxylic acid groups (broad SMARTS) is 1. The Morgan fingerprint density at radius 2 is 1.97 bits per heavy atom.